The predicted octanol–water partition coefficient (Wildman–Crippen LogP) is 5.68. The maximum Gasteiger partial charge on any atom is 0.261 e. The topological polar surface area (TPSA) is 29.1 Å². The highest BCUT2D eigenvalue weighted by Crippen LogP contribution is 2.33. The Labute approximate surface area is 148 Å². The predicted molar refractivity (Wildman–Crippen MR) is 96.1 cm³/mol. The van der Waals surface area contributed by atoms with E-state index in [-0.39, 0.29) is 0 Å². The van der Waals surface area contributed by atoms with Crippen LogP contribution in [0.2, 0.25) is 0 Å². The summed E-state index contributed by atoms with van der Waals surface area (Å²) in [6, 6.07) is 18.5. The summed E-state index contributed by atoms with van der Waals surface area (Å²) in [5.74, 6) is -2.59. The van der Waals surface area contributed by atoms with Crippen LogP contribution in [0.4, 0.5) is 14.5 Å². The summed E-state index contributed by atoms with van der Waals surface area (Å²) in [6.07, 6.45) is 0. The van der Waals surface area contributed by atoms with Crippen molar-refractivity contribution in [1.82, 2.24) is 0 Å². The average molecular weight is 355 g/mol. The molecule has 0 saturated carbocycles. The first-order valence-electron chi connectivity index (χ1n) is 7.63. The molecular weight excluding hydrogens is 340 g/mol. The van der Waals surface area contributed by atoms with Gasteiger partial charge in [0.1, 0.15) is 17.2 Å². The molecule has 3 aromatic carbocycles. The molecule has 0 aliphatic heterocycles. The summed E-state index contributed by atoms with van der Waals surface area (Å²) in [6.45, 7) is 2.01. The molecule has 1 N–H and O–H groups in total. The molecule has 0 unspecified atom stereocenters. The SMILES string of the molecule is Cc1ccc(Sc2ccccc2NC(=O)c2c(F)cccc2F)cc1. The van der Waals surface area contributed by atoms with Crippen molar-refractivity contribution in [2.75, 3.05) is 5.32 Å². The Morgan fingerprint density at radius 3 is 2.20 bits per heavy atom. The number of carbonyl (C=O) groups excluding carboxylic acids is 1. The molecule has 0 heterocycles. The van der Waals surface area contributed by atoms with Crippen molar-refractivity contribution in [3.8, 4) is 0 Å². The number of rotatable bonds is 4. The largest absolute Gasteiger partial charge is 0.321 e. The van der Waals surface area contributed by atoms with Crippen molar-refractivity contribution in [3.05, 3.63) is 89.5 Å². The van der Waals surface area contributed by atoms with E-state index in [1.807, 2.05) is 43.3 Å². The molecule has 1 amide bonds. The number of hydrogen-bond acceptors (Lipinski definition) is 2. The van der Waals surface area contributed by atoms with Crippen molar-refractivity contribution < 1.29 is 13.6 Å². The Bertz CT molecular complexity index is 890. The van der Waals surface area contributed by atoms with Crippen LogP contribution in [0.3, 0.4) is 0 Å². The van der Waals surface area contributed by atoms with Crippen molar-refractivity contribution in [3.63, 3.8) is 0 Å². The fourth-order valence-corrected chi connectivity index (χ4v) is 3.19. The van der Waals surface area contributed by atoms with Crippen molar-refractivity contribution in [1.29, 1.82) is 0 Å². The van der Waals surface area contributed by atoms with Crippen molar-refractivity contribution in [2.45, 2.75) is 16.7 Å². The molecule has 0 radical (unpaired) electrons. The van der Waals surface area contributed by atoms with E-state index in [2.05, 4.69) is 5.32 Å². The van der Waals surface area contributed by atoms with E-state index in [1.165, 1.54) is 17.8 Å². The summed E-state index contributed by atoms with van der Waals surface area (Å²) in [7, 11) is 0. The fourth-order valence-electron chi connectivity index (χ4n) is 2.29. The number of amides is 1. The Hall–Kier alpha value is -2.66. The van der Waals surface area contributed by atoms with Crippen LogP contribution in [-0.4, -0.2) is 5.91 Å². The third-order valence-corrected chi connectivity index (χ3v) is 4.66. The molecule has 3 aromatic rings. The highest BCUT2D eigenvalue weighted by atomic mass is 32.2. The van der Waals surface area contributed by atoms with Gasteiger partial charge in [0.2, 0.25) is 0 Å². The number of aryl methyl sites for hydroxylation is 1. The van der Waals surface area contributed by atoms with Gasteiger partial charge in [0, 0.05) is 9.79 Å². The van der Waals surface area contributed by atoms with E-state index in [9.17, 15) is 13.6 Å². The second-order valence-electron chi connectivity index (χ2n) is 5.46. The highest BCUT2D eigenvalue weighted by Gasteiger charge is 2.18. The first-order valence-corrected chi connectivity index (χ1v) is 8.45. The molecule has 0 atom stereocenters. The van der Waals surface area contributed by atoms with E-state index in [1.54, 1.807) is 12.1 Å². The van der Waals surface area contributed by atoms with Crippen LogP contribution in [-0.2, 0) is 0 Å². The molecule has 25 heavy (non-hydrogen) atoms. The van der Waals surface area contributed by atoms with E-state index < -0.39 is 23.1 Å². The quantitative estimate of drug-likeness (QED) is 0.653. The van der Waals surface area contributed by atoms with Gasteiger partial charge < -0.3 is 5.32 Å². The van der Waals surface area contributed by atoms with E-state index >= 15 is 0 Å². The maximum absolute atomic E-state index is 13.8. The van der Waals surface area contributed by atoms with Crippen LogP contribution in [0.15, 0.2) is 76.5 Å². The average Bonchev–Trinajstić information content (AvgIpc) is 2.58. The highest BCUT2D eigenvalue weighted by molar-refractivity contribution is 7.99. The molecule has 2 nitrogen and oxygen atoms in total. The lowest BCUT2D eigenvalue weighted by molar-refractivity contribution is 0.101. The first-order chi connectivity index (χ1) is 12.0. The standard InChI is InChI=1S/C20H15F2NOS/c1-13-9-11-14(12-10-13)25-18-8-3-2-7-17(18)23-20(24)19-15(21)5-4-6-16(19)22/h2-12H,1H3,(H,23,24). The van der Waals surface area contributed by atoms with Crippen LogP contribution in [0, 0.1) is 18.6 Å². The summed E-state index contributed by atoms with van der Waals surface area (Å²) in [4.78, 5) is 14.1. The fraction of sp³-hybridized carbons (Fsp3) is 0.0500. The lowest BCUT2D eigenvalue weighted by Crippen LogP contribution is -2.16. The van der Waals surface area contributed by atoms with Gasteiger partial charge in [0.25, 0.3) is 5.91 Å². The van der Waals surface area contributed by atoms with E-state index in [0.29, 0.717) is 5.69 Å². The van der Waals surface area contributed by atoms with Gasteiger partial charge in [0.05, 0.1) is 5.69 Å². The second-order valence-corrected chi connectivity index (χ2v) is 6.58. The zero-order chi connectivity index (χ0) is 17.8. The Balaban J connectivity index is 1.86. The third-order valence-electron chi connectivity index (χ3n) is 3.57. The molecule has 5 heteroatoms. The van der Waals surface area contributed by atoms with Gasteiger partial charge in [-0.15, -0.1) is 0 Å². The maximum atomic E-state index is 13.8. The minimum atomic E-state index is -0.888. The van der Waals surface area contributed by atoms with Gasteiger partial charge in [-0.3, -0.25) is 4.79 Å². The molecule has 0 aliphatic carbocycles. The normalized spacial score (nSPS) is 10.5. The molecule has 0 aliphatic rings. The lowest BCUT2D eigenvalue weighted by Gasteiger charge is -2.11. The summed E-state index contributed by atoms with van der Waals surface area (Å²) in [5.41, 5.74) is 1.07. The van der Waals surface area contributed by atoms with Crippen LogP contribution < -0.4 is 5.32 Å². The van der Waals surface area contributed by atoms with Crippen LogP contribution in [0.5, 0.6) is 0 Å². The van der Waals surface area contributed by atoms with Gasteiger partial charge in [-0.1, -0.05) is 47.7 Å². The monoisotopic (exact) mass is 355 g/mol. The molecule has 0 spiro atoms. The number of benzene rings is 3. The van der Waals surface area contributed by atoms with E-state index in [0.717, 1.165) is 27.5 Å². The van der Waals surface area contributed by atoms with Gasteiger partial charge in [0.15, 0.2) is 0 Å². The number of carbonyl (C=O) groups is 1. The Kier molecular flexibility index (Phi) is 5.14. The zero-order valence-electron chi connectivity index (χ0n) is 13.4. The van der Waals surface area contributed by atoms with Crippen LogP contribution in [0.25, 0.3) is 0 Å². The summed E-state index contributed by atoms with van der Waals surface area (Å²) >= 11 is 1.47. The van der Waals surface area contributed by atoms with Gasteiger partial charge in [-0.25, -0.2) is 8.78 Å². The van der Waals surface area contributed by atoms with Gasteiger partial charge in [-0.05, 0) is 43.3 Å². The molecule has 0 fully saturated rings. The molecular formula is C20H15F2NOS. The van der Waals surface area contributed by atoms with Crippen molar-refractivity contribution >= 4 is 23.4 Å². The molecule has 0 bridgehead atoms. The number of anilines is 1. The van der Waals surface area contributed by atoms with Crippen LogP contribution >= 0.6 is 11.8 Å². The van der Waals surface area contributed by atoms with Gasteiger partial charge in [-0.2, -0.15) is 0 Å². The third kappa shape index (κ3) is 4.06. The first kappa shape index (κ1) is 17.2. The smallest absolute Gasteiger partial charge is 0.261 e. The van der Waals surface area contributed by atoms with Crippen molar-refractivity contribution in [2.24, 2.45) is 0 Å². The molecule has 3 rings (SSSR count). The van der Waals surface area contributed by atoms with Crippen LogP contribution in [0.1, 0.15) is 15.9 Å². The lowest BCUT2D eigenvalue weighted by atomic mass is 10.2. The zero-order valence-corrected chi connectivity index (χ0v) is 14.2. The molecule has 0 aromatic heterocycles. The number of hydrogen-bond donors (Lipinski definition) is 1. The van der Waals surface area contributed by atoms with Gasteiger partial charge >= 0.3 is 0 Å². The number of nitrogens with one attached hydrogen (secondary N) is 1. The summed E-state index contributed by atoms with van der Waals surface area (Å²) in [5, 5.41) is 2.60. The number of halogens is 2. The molecule has 126 valence electrons. The molecule has 0 saturated heterocycles. The second kappa shape index (κ2) is 7.49. The minimum Gasteiger partial charge on any atom is -0.321 e. The Morgan fingerprint density at radius 2 is 1.52 bits per heavy atom. The summed E-state index contributed by atoms with van der Waals surface area (Å²) < 4.78 is 27.6. The minimum absolute atomic E-state index is 0.501. The van der Waals surface area contributed by atoms with E-state index in [4.69, 9.17) is 0 Å². The Morgan fingerprint density at radius 1 is 0.880 bits per heavy atom. The number of para-hydroxylation sites is 1.